The minimum atomic E-state index is 0.149. The maximum absolute atomic E-state index is 9.39. The number of aromatic hydroxyl groups is 1. The van der Waals surface area contributed by atoms with Gasteiger partial charge >= 0.3 is 0 Å². The summed E-state index contributed by atoms with van der Waals surface area (Å²) in [5.74, 6) is 0.403. The third kappa shape index (κ3) is 2.99. The van der Waals surface area contributed by atoms with Crippen LogP contribution in [0.3, 0.4) is 0 Å². The van der Waals surface area contributed by atoms with Crippen molar-refractivity contribution in [2.75, 3.05) is 0 Å². The van der Waals surface area contributed by atoms with Crippen LogP contribution in [0.5, 0.6) is 5.75 Å². The fraction of sp³-hybridized carbons (Fsp3) is 0.462. The Morgan fingerprint density at radius 3 is 3.00 bits per heavy atom. The van der Waals surface area contributed by atoms with E-state index in [1.807, 2.05) is 12.1 Å². The van der Waals surface area contributed by atoms with Crippen LogP contribution in [0.15, 0.2) is 22.7 Å². The van der Waals surface area contributed by atoms with E-state index in [9.17, 15) is 5.11 Å². The summed E-state index contributed by atoms with van der Waals surface area (Å²) in [5.41, 5.74) is 1.11. The van der Waals surface area contributed by atoms with Gasteiger partial charge in [-0.15, -0.1) is 0 Å². The summed E-state index contributed by atoms with van der Waals surface area (Å²) < 4.78 is 0.708. The summed E-state index contributed by atoms with van der Waals surface area (Å²) in [7, 11) is 0. The molecule has 2 rings (SSSR count). The Hall–Kier alpha value is -1.05. The average molecular weight is 295 g/mol. The molecule has 1 aromatic rings. The zero-order valence-electron chi connectivity index (χ0n) is 9.49. The first-order chi connectivity index (χ1) is 8.20. The van der Waals surface area contributed by atoms with E-state index in [0.717, 1.165) is 31.4 Å². The van der Waals surface area contributed by atoms with Crippen molar-refractivity contribution < 1.29 is 5.11 Å². The van der Waals surface area contributed by atoms with Crippen LogP contribution in [0.1, 0.15) is 24.8 Å². The number of hydrogen-bond donors (Lipinski definition) is 2. The number of halogens is 1. The van der Waals surface area contributed by atoms with Gasteiger partial charge in [0, 0.05) is 12.6 Å². The largest absolute Gasteiger partial charge is 0.507 e. The molecule has 1 fully saturated rings. The van der Waals surface area contributed by atoms with Gasteiger partial charge in [0.05, 0.1) is 16.5 Å². The van der Waals surface area contributed by atoms with Gasteiger partial charge in [-0.3, -0.25) is 0 Å². The Balaban J connectivity index is 1.93. The van der Waals surface area contributed by atoms with Crippen molar-refractivity contribution in [1.82, 2.24) is 5.32 Å². The number of rotatable bonds is 3. The van der Waals surface area contributed by atoms with Crippen LogP contribution in [-0.2, 0) is 6.54 Å². The zero-order valence-corrected chi connectivity index (χ0v) is 11.1. The van der Waals surface area contributed by atoms with Gasteiger partial charge < -0.3 is 10.4 Å². The molecule has 17 heavy (non-hydrogen) atoms. The number of benzene rings is 1. The van der Waals surface area contributed by atoms with Crippen molar-refractivity contribution in [3.8, 4) is 11.8 Å². The molecule has 0 heterocycles. The zero-order chi connectivity index (χ0) is 12.3. The first-order valence-corrected chi connectivity index (χ1v) is 6.60. The van der Waals surface area contributed by atoms with Crippen molar-refractivity contribution in [3.05, 3.63) is 28.2 Å². The second-order valence-corrected chi connectivity index (χ2v) is 5.29. The van der Waals surface area contributed by atoms with Gasteiger partial charge in [0.2, 0.25) is 0 Å². The molecule has 0 saturated heterocycles. The summed E-state index contributed by atoms with van der Waals surface area (Å²) in [6, 6.07) is 8.14. The molecule has 0 radical (unpaired) electrons. The van der Waals surface area contributed by atoms with Gasteiger partial charge in [-0.2, -0.15) is 5.26 Å². The summed E-state index contributed by atoms with van der Waals surface area (Å²) in [6.45, 7) is 0.738. The van der Waals surface area contributed by atoms with E-state index in [-0.39, 0.29) is 11.7 Å². The first-order valence-electron chi connectivity index (χ1n) is 5.81. The van der Waals surface area contributed by atoms with Crippen LogP contribution in [0.25, 0.3) is 0 Å². The highest BCUT2D eigenvalue weighted by Crippen LogP contribution is 2.26. The van der Waals surface area contributed by atoms with E-state index in [4.69, 9.17) is 5.26 Å². The number of phenolic OH excluding ortho intramolecular Hbond substituents is 1. The van der Waals surface area contributed by atoms with E-state index >= 15 is 0 Å². The lowest BCUT2D eigenvalue weighted by Gasteiger charge is -2.15. The molecule has 90 valence electrons. The van der Waals surface area contributed by atoms with Gasteiger partial charge in [-0.1, -0.05) is 12.5 Å². The molecule has 0 aliphatic heterocycles. The SMILES string of the molecule is N#CC1CCCC1NCc1ccc(O)c(Br)c1. The van der Waals surface area contributed by atoms with Crippen molar-refractivity contribution in [3.63, 3.8) is 0 Å². The molecule has 0 spiro atoms. The second-order valence-electron chi connectivity index (χ2n) is 4.44. The highest BCUT2D eigenvalue weighted by atomic mass is 79.9. The Morgan fingerprint density at radius 2 is 2.29 bits per heavy atom. The van der Waals surface area contributed by atoms with Gasteiger partial charge in [0.25, 0.3) is 0 Å². The van der Waals surface area contributed by atoms with Crippen LogP contribution in [0.2, 0.25) is 0 Å². The van der Waals surface area contributed by atoms with E-state index in [0.29, 0.717) is 10.5 Å². The monoisotopic (exact) mass is 294 g/mol. The molecule has 1 saturated carbocycles. The van der Waals surface area contributed by atoms with Crippen molar-refractivity contribution in [1.29, 1.82) is 5.26 Å². The second kappa shape index (κ2) is 5.52. The predicted octanol–water partition coefficient (Wildman–Crippen LogP) is 2.94. The van der Waals surface area contributed by atoms with E-state index in [1.54, 1.807) is 6.07 Å². The normalized spacial score (nSPS) is 23.5. The van der Waals surface area contributed by atoms with Crippen molar-refractivity contribution >= 4 is 15.9 Å². The molecule has 1 aromatic carbocycles. The van der Waals surface area contributed by atoms with Crippen LogP contribution in [0, 0.1) is 17.2 Å². The Morgan fingerprint density at radius 1 is 1.47 bits per heavy atom. The standard InChI is InChI=1S/C13H15BrN2O/c14-11-6-9(4-5-13(11)17)8-16-12-3-1-2-10(12)7-15/h4-6,10,12,16-17H,1-3,8H2. The third-order valence-electron chi connectivity index (χ3n) is 3.26. The smallest absolute Gasteiger partial charge is 0.129 e. The van der Waals surface area contributed by atoms with Gasteiger partial charge in [0.15, 0.2) is 0 Å². The highest BCUT2D eigenvalue weighted by molar-refractivity contribution is 9.10. The van der Waals surface area contributed by atoms with Crippen molar-refractivity contribution in [2.45, 2.75) is 31.8 Å². The lowest BCUT2D eigenvalue weighted by molar-refractivity contribution is 0.461. The molecule has 2 unspecified atom stereocenters. The van der Waals surface area contributed by atoms with Gasteiger partial charge in [-0.25, -0.2) is 0 Å². The summed E-state index contributed by atoms with van der Waals surface area (Å²) in [5, 5.41) is 21.8. The Bertz CT molecular complexity index is 442. The number of nitrogens with zero attached hydrogens (tertiary/aromatic N) is 1. The highest BCUT2D eigenvalue weighted by Gasteiger charge is 2.26. The summed E-state index contributed by atoms with van der Waals surface area (Å²) in [4.78, 5) is 0. The molecule has 4 heteroatoms. The molecule has 0 aromatic heterocycles. The maximum Gasteiger partial charge on any atom is 0.129 e. The lowest BCUT2D eigenvalue weighted by atomic mass is 10.1. The molecule has 0 bridgehead atoms. The lowest BCUT2D eigenvalue weighted by Crippen LogP contribution is -2.31. The predicted molar refractivity (Wildman–Crippen MR) is 69.4 cm³/mol. The van der Waals surface area contributed by atoms with E-state index in [1.165, 1.54) is 0 Å². The van der Waals surface area contributed by atoms with Gasteiger partial charge in [0.1, 0.15) is 5.75 Å². The Kier molecular flexibility index (Phi) is 4.03. The molecule has 2 N–H and O–H groups in total. The fourth-order valence-electron chi connectivity index (χ4n) is 2.27. The van der Waals surface area contributed by atoms with Crippen LogP contribution in [-0.4, -0.2) is 11.1 Å². The summed E-state index contributed by atoms with van der Waals surface area (Å²) >= 11 is 3.29. The molecule has 3 nitrogen and oxygen atoms in total. The molecular weight excluding hydrogens is 280 g/mol. The van der Waals surface area contributed by atoms with Crippen molar-refractivity contribution in [2.24, 2.45) is 5.92 Å². The number of phenols is 1. The van der Waals surface area contributed by atoms with E-state index < -0.39 is 0 Å². The molecule has 2 atom stereocenters. The first kappa shape index (κ1) is 12.4. The van der Waals surface area contributed by atoms with Gasteiger partial charge in [-0.05, 0) is 46.5 Å². The van der Waals surface area contributed by atoms with Crippen LogP contribution < -0.4 is 5.32 Å². The van der Waals surface area contributed by atoms with Crippen LogP contribution >= 0.6 is 15.9 Å². The number of nitriles is 1. The molecular formula is C13H15BrN2O. The van der Waals surface area contributed by atoms with E-state index in [2.05, 4.69) is 27.3 Å². The average Bonchev–Trinajstić information content (AvgIpc) is 2.78. The molecule has 1 aliphatic rings. The number of nitrogens with one attached hydrogen (secondary N) is 1. The molecule has 0 amide bonds. The fourth-order valence-corrected chi connectivity index (χ4v) is 2.69. The third-order valence-corrected chi connectivity index (χ3v) is 3.90. The topological polar surface area (TPSA) is 56.0 Å². The number of hydrogen-bond acceptors (Lipinski definition) is 3. The maximum atomic E-state index is 9.39. The minimum absolute atomic E-state index is 0.149. The van der Waals surface area contributed by atoms with Crippen LogP contribution in [0.4, 0.5) is 0 Å². The minimum Gasteiger partial charge on any atom is -0.507 e. The summed E-state index contributed by atoms with van der Waals surface area (Å²) in [6.07, 6.45) is 3.22. The molecule has 1 aliphatic carbocycles. The Labute approximate surface area is 110 Å². The quantitative estimate of drug-likeness (QED) is 0.901.